The predicted octanol–water partition coefficient (Wildman–Crippen LogP) is 1.39. The van der Waals surface area contributed by atoms with Gasteiger partial charge in [0, 0.05) is 31.6 Å². The van der Waals surface area contributed by atoms with Crippen molar-refractivity contribution >= 4 is 12.1 Å². The maximum atomic E-state index is 14.6. The van der Waals surface area contributed by atoms with Crippen LogP contribution < -0.4 is 22.3 Å². The first-order valence-corrected chi connectivity index (χ1v) is 10.2. The Bertz CT molecular complexity index is 1060. The van der Waals surface area contributed by atoms with Gasteiger partial charge in [-0.3, -0.25) is 19.1 Å². The number of alkyl halides is 1. The van der Waals surface area contributed by atoms with Crippen LogP contribution in [0.2, 0.25) is 0 Å². The molecule has 32 heavy (non-hydrogen) atoms. The highest BCUT2D eigenvalue weighted by molar-refractivity contribution is 5.85. The summed E-state index contributed by atoms with van der Waals surface area (Å²) in [6.45, 7) is 6.55. The van der Waals surface area contributed by atoms with Gasteiger partial charge >= 0.3 is 0 Å². The van der Waals surface area contributed by atoms with Gasteiger partial charge in [-0.25, -0.2) is 9.07 Å². The van der Waals surface area contributed by atoms with Crippen LogP contribution >= 0.6 is 0 Å². The van der Waals surface area contributed by atoms with E-state index in [4.69, 9.17) is 11.5 Å². The molecule has 0 aromatic carbocycles. The number of aliphatic imine (C=N–C) groups is 1. The van der Waals surface area contributed by atoms with Crippen molar-refractivity contribution in [2.45, 2.75) is 57.9 Å². The molecule has 174 valence electrons. The van der Waals surface area contributed by atoms with E-state index in [2.05, 4.69) is 15.4 Å². The number of amides is 1. The van der Waals surface area contributed by atoms with Crippen molar-refractivity contribution in [1.82, 2.24) is 19.7 Å². The molecule has 5 N–H and O–H groups in total. The van der Waals surface area contributed by atoms with Crippen LogP contribution in [0.4, 0.5) is 4.39 Å². The summed E-state index contributed by atoms with van der Waals surface area (Å²) in [6, 6.07) is 5.43. The molecule has 0 bridgehead atoms. The molecular weight excluding hydrogens is 413 g/mol. The molecule has 0 radical (unpaired) electrons. The van der Waals surface area contributed by atoms with Crippen molar-refractivity contribution in [3.8, 4) is 5.82 Å². The quantitative estimate of drug-likeness (QED) is 0.502. The fraction of sp³-hybridized carbons (Fsp3) is 0.455. The number of carbonyl (C=O) groups excluding carboxylic acids is 1. The lowest BCUT2D eigenvalue weighted by molar-refractivity contribution is -0.124. The minimum atomic E-state index is -1.71. The minimum absolute atomic E-state index is 0.175. The first-order valence-electron chi connectivity index (χ1n) is 10.2. The van der Waals surface area contributed by atoms with E-state index in [0.29, 0.717) is 11.4 Å². The van der Waals surface area contributed by atoms with Crippen LogP contribution in [0.1, 0.15) is 39.8 Å². The highest BCUT2D eigenvalue weighted by atomic mass is 19.1. The van der Waals surface area contributed by atoms with E-state index in [1.807, 2.05) is 0 Å². The maximum Gasteiger partial charge on any atom is 0.256 e. The number of halogens is 1. The molecule has 1 amide bonds. The maximum absolute atomic E-state index is 14.6. The van der Waals surface area contributed by atoms with Crippen LogP contribution in [0.3, 0.4) is 0 Å². The average Bonchev–Trinajstić information content (AvgIpc) is 3.10. The third kappa shape index (κ3) is 6.36. The second-order valence-corrected chi connectivity index (χ2v) is 8.74. The Labute approximate surface area is 187 Å². The number of carbonyl (C=O) groups is 1. The Morgan fingerprint density at radius 2 is 2.03 bits per heavy atom. The topological polar surface area (TPSA) is 133 Å². The number of nitrogens with two attached hydrogens (primary N) is 2. The summed E-state index contributed by atoms with van der Waals surface area (Å²) in [5.74, 6) is 0.0194. The van der Waals surface area contributed by atoms with E-state index in [9.17, 15) is 14.0 Å². The summed E-state index contributed by atoms with van der Waals surface area (Å²) in [4.78, 5) is 28.9. The normalized spacial score (nSPS) is 14.0. The van der Waals surface area contributed by atoms with Crippen molar-refractivity contribution in [2.75, 3.05) is 7.05 Å². The number of hydrogen-bond acceptors (Lipinski definition) is 6. The van der Waals surface area contributed by atoms with Crippen molar-refractivity contribution in [3.05, 3.63) is 58.3 Å². The molecule has 0 saturated carbocycles. The summed E-state index contributed by atoms with van der Waals surface area (Å²) in [7, 11) is 1.60. The predicted molar refractivity (Wildman–Crippen MR) is 123 cm³/mol. The lowest BCUT2D eigenvalue weighted by Crippen LogP contribution is -2.52. The fourth-order valence-electron chi connectivity index (χ4n) is 3.14. The molecule has 0 aliphatic rings. The Kier molecular flexibility index (Phi) is 7.73. The van der Waals surface area contributed by atoms with Crippen LogP contribution in [0.5, 0.6) is 0 Å². The smallest absolute Gasteiger partial charge is 0.256 e. The molecule has 0 saturated heterocycles. The van der Waals surface area contributed by atoms with Crippen molar-refractivity contribution in [1.29, 1.82) is 0 Å². The highest BCUT2D eigenvalue weighted by Crippen LogP contribution is 2.26. The SMILES string of the molecule is CN=C/C(=C\N)CC(N)C(=O)NC(C)(C)Cn1nc(C(C)(C)F)cc1-n1ccccc1=O. The van der Waals surface area contributed by atoms with Gasteiger partial charge in [0.2, 0.25) is 5.91 Å². The van der Waals surface area contributed by atoms with Gasteiger partial charge in [-0.05, 0) is 52.0 Å². The molecule has 2 aromatic rings. The third-order valence-corrected chi connectivity index (χ3v) is 4.75. The molecule has 2 rings (SSSR count). The monoisotopic (exact) mass is 445 g/mol. The molecule has 1 atom stereocenters. The van der Waals surface area contributed by atoms with Crippen LogP contribution in [0.25, 0.3) is 5.82 Å². The van der Waals surface area contributed by atoms with E-state index >= 15 is 0 Å². The van der Waals surface area contributed by atoms with Crippen molar-refractivity contribution < 1.29 is 9.18 Å². The van der Waals surface area contributed by atoms with Gasteiger partial charge in [0.05, 0.1) is 18.1 Å². The number of rotatable bonds is 9. The molecule has 0 spiro atoms. The number of aromatic nitrogens is 3. The highest BCUT2D eigenvalue weighted by Gasteiger charge is 2.29. The van der Waals surface area contributed by atoms with E-state index in [1.165, 1.54) is 41.4 Å². The van der Waals surface area contributed by atoms with Gasteiger partial charge in [0.25, 0.3) is 5.56 Å². The van der Waals surface area contributed by atoms with E-state index in [0.717, 1.165) is 0 Å². The van der Waals surface area contributed by atoms with Gasteiger partial charge in [-0.15, -0.1) is 0 Å². The molecule has 2 heterocycles. The number of nitrogens with zero attached hydrogens (tertiary/aromatic N) is 4. The van der Waals surface area contributed by atoms with Gasteiger partial charge in [0.15, 0.2) is 0 Å². The zero-order chi connectivity index (χ0) is 24.1. The van der Waals surface area contributed by atoms with Gasteiger partial charge in [-0.1, -0.05) is 6.07 Å². The largest absolute Gasteiger partial charge is 0.404 e. The Morgan fingerprint density at radius 1 is 1.34 bits per heavy atom. The Hall–Kier alpha value is -3.27. The number of hydrogen-bond donors (Lipinski definition) is 3. The van der Waals surface area contributed by atoms with Gasteiger partial charge in [-0.2, -0.15) is 5.10 Å². The number of pyridine rings is 1. The Morgan fingerprint density at radius 3 is 2.59 bits per heavy atom. The molecule has 0 aliphatic carbocycles. The van der Waals surface area contributed by atoms with Crippen molar-refractivity contribution in [3.63, 3.8) is 0 Å². The molecule has 9 nitrogen and oxygen atoms in total. The third-order valence-electron chi connectivity index (χ3n) is 4.75. The van der Waals surface area contributed by atoms with E-state index < -0.39 is 17.2 Å². The second kappa shape index (κ2) is 9.90. The van der Waals surface area contributed by atoms with E-state index in [-0.39, 0.29) is 30.1 Å². The van der Waals surface area contributed by atoms with Crippen molar-refractivity contribution in [2.24, 2.45) is 16.5 Å². The summed E-state index contributed by atoms with van der Waals surface area (Å²) in [6.07, 6.45) is 4.72. The first kappa shape index (κ1) is 25.0. The summed E-state index contributed by atoms with van der Waals surface area (Å²) in [5.41, 5.74) is 9.61. The lowest BCUT2D eigenvalue weighted by Gasteiger charge is -2.28. The lowest BCUT2D eigenvalue weighted by atomic mass is 10.0. The summed E-state index contributed by atoms with van der Waals surface area (Å²) in [5, 5.41) is 7.28. The molecular formula is C22H32FN7O2. The number of nitrogens with one attached hydrogen (secondary N) is 1. The fourth-order valence-corrected chi connectivity index (χ4v) is 3.14. The van der Waals surface area contributed by atoms with Crippen LogP contribution in [-0.2, 0) is 17.0 Å². The zero-order valence-corrected chi connectivity index (χ0v) is 19.2. The minimum Gasteiger partial charge on any atom is -0.404 e. The second-order valence-electron chi connectivity index (χ2n) is 8.74. The standard InChI is InChI=1S/C22H32FN7O2/c1-21(2,27-20(32)16(25)10-15(12-24)13-26-5)14-30-18(11-17(28-30)22(3,4)23)29-9-7-6-8-19(29)31/h6-9,11-13,16H,10,14,24-25H2,1-5H3,(H,27,32)/b15-12-,26-13?. The summed E-state index contributed by atoms with van der Waals surface area (Å²) >= 11 is 0. The van der Waals surface area contributed by atoms with Crippen LogP contribution in [0, 0.1) is 0 Å². The van der Waals surface area contributed by atoms with Gasteiger partial charge < -0.3 is 16.8 Å². The Balaban J connectivity index is 2.30. The zero-order valence-electron chi connectivity index (χ0n) is 19.2. The summed E-state index contributed by atoms with van der Waals surface area (Å²) < 4.78 is 17.5. The molecule has 0 aliphatic heterocycles. The van der Waals surface area contributed by atoms with Gasteiger partial charge in [0.1, 0.15) is 17.2 Å². The molecule has 2 aromatic heterocycles. The van der Waals surface area contributed by atoms with E-state index in [1.54, 1.807) is 45.4 Å². The van der Waals surface area contributed by atoms with Crippen LogP contribution in [0.15, 0.2) is 52.0 Å². The average molecular weight is 446 g/mol. The first-order chi connectivity index (χ1) is 14.9. The molecule has 10 heteroatoms. The van der Waals surface area contributed by atoms with Crippen LogP contribution in [-0.4, -0.2) is 45.1 Å². The molecule has 1 unspecified atom stereocenters. The molecule has 0 fully saturated rings.